The molecule has 1 aromatic heterocycles. The van der Waals surface area contributed by atoms with E-state index in [1.165, 1.54) is 12.1 Å². The minimum absolute atomic E-state index is 0.0861. The normalized spacial score (nSPS) is 11.6. The molecule has 98 valence electrons. The van der Waals surface area contributed by atoms with E-state index in [1.54, 1.807) is 30.3 Å². The number of phenolic OH excluding ortho intramolecular Hbond substituents is 3. The summed E-state index contributed by atoms with van der Waals surface area (Å²) >= 11 is 0. The van der Waals surface area contributed by atoms with Crippen LogP contribution in [-0.4, -0.2) is 15.3 Å². The minimum Gasteiger partial charge on any atom is -0.508 e. The fourth-order valence-electron chi connectivity index (χ4n) is 2.57. The molecule has 0 saturated heterocycles. The van der Waals surface area contributed by atoms with Crippen LogP contribution in [0.15, 0.2) is 46.9 Å². The third-order valence-electron chi connectivity index (χ3n) is 3.55. The van der Waals surface area contributed by atoms with E-state index in [2.05, 4.69) is 0 Å². The molecular formula is C16H10O4. The maximum atomic E-state index is 9.93. The van der Waals surface area contributed by atoms with Crippen molar-refractivity contribution >= 4 is 32.7 Å². The van der Waals surface area contributed by atoms with E-state index in [-0.39, 0.29) is 17.2 Å². The molecule has 0 amide bonds. The molecule has 0 fully saturated rings. The highest BCUT2D eigenvalue weighted by molar-refractivity contribution is 6.12. The highest BCUT2D eigenvalue weighted by Crippen LogP contribution is 2.38. The molecule has 3 N–H and O–H groups in total. The van der Waals surface area contributed by atoms with Crippen LogP contribution in [-0.2, 0) is 0 Å². The molecular weight excluding hydrogens is 256 g/mol. The first-order chi connectivity index (χ1) is 9.63. The van der Waals surface area contributed by atoms with Gasteiger partial charge in [-0.25, -0.2) is 0 Å². The van der Waals surface area contributed by atoms with Crippen molar-refractivity contribution in [3.63, 3.8) is 0 Å². The van der Waals surface area contributed by atoms with Gasteiger partial charge in [-0.05, 0) is 36.4 Å². The summed E-state index contributed by atoms with van der Waals surface area (Å²) in [5.74, 6) is 0.322. The number of benzene rings is 3. The quantitative estimate of drug-likeness (QED) is 0.422. The number of hydrogen-bond donors (Lipinski definition) is 3. The Balaban J connectivity index is 2.24. The zero-order valence-electron chi connectivity index (χ0n) is 10.3. The molecule has 20 heavy (non-hydrogen) atoms. The SMILES string of the molecule is Oc1ccc2c(c1)oc1cc3c(O)ccc(O)c3cc12. The number of rotatable bonds is 0. The van der Waals surface area contributed by atoms with E-state index >= 15 is 0 Å². The summed E-state index contributed by atoms with van der Waals surface area (Å²) in [7, 11) is 0. The summed E-state index contributed by atoms with van der Waals surface area (Å²) < 4.78 is 5.68. The van der Waals surface area contributed by atoms with Crippen LogP contribution < -0.4 is 0 Å². The lowest BCUT2D eigenvalue weighted by Crippen LogP contribution is -1.76. The van der Waals surface area contributed by atoms with Crippen LogP contribution in [0.1, 0.15) is 0 Å². The third kappa shape index (κ3) is 1.36. The summed E-state index contributed by atoms with van der Waals surface area (Å²) in [5.41, 5.74) is 1.16. The Morgan fingerprint density at radius 1 is 0.600 bits per heavy atom. The van der Waals surface area contributed by atoms with Crippen LogP contribution in [0.5, 0.6) is 17.2 Å². The molecule has 0 aliphatic carbocycles. The van der Waals surface area contributed by atoms with E-state index in [1.807, 2.05) is 0 Å². The van der Waals surface area contributed by atoms with Gasteiger partial charge in [0.25, 0.3) is 0 Å². The fourth-order valence-corrected chi connectivity index (χ4v) is 2.57. The molecule has 4 nitrogen and oxygen atoms in total. The molecule has 0 bridgehead atoms. The van der Waals surface area contributed by atoms with Gasteiger partial charge in [0, 0.05) is 27.6 Å². The van der Waals surface area contributed by atoms with Gasteiger partial charge in [0.1, 0.15) is 28.4 Å². The van der Waals surface area contributed by atoms with E-state index in [0.29, 0.717) is 21.9 Å². The molecule has 0 saturated carbocycles. The Bertz CT molecular complexity index is 982. The van der Waals surface area contributed by atoms with E-state index in [0.717, 1.165) is 10.8 Å². The van der Waals surface area contributed by atoms with Crippen molar-refractivity contribution in [2.24, 2.45) is 0 Å². The molecule has 4 rings (SSSR count). The Hall–Kier alpha value is -2.88. The van der Waals surface area contributed by atoms with Gasteiger partial charge in [0.05, 0.1) is 0 Å². The van der Waals surface area contributed by atoms with Gasteiger partial charge in [-0.1, -0.05) is 0 Å². The van der Waals surface area contributed by atoms with Gasteiger partial charge in [-0.3, -0.25) is 0 Å². The topological polar surface area (TPSA) is 73.8 Å². The fraction of sp³-hybridized carbons (Fsp3) is 0. The summed E-state index contributed by atoms with van der Waals surface area (Å²) in [6.07, 6.45) is 0. The number of furan rings is 1. The van der Waals surface area contributed by atoms with Crippen molar-refractivity contribution in [3.05, 3.63) is 42.5 Å². The lowest BCUT2D eigenvalue weighted by atomic mass is 10.0. The average molecular weight is 266 g/mol. The Morgan fingerprint density at radius 2 is 1.25 bits per heavy atom. The number of fused-ring (bicyclic) bond motifs is 4. The van der Waals surface area contributed by atoms with Crippen LogP contribution in [0.4, 0.5) is 0 Å². The molecule has 4 heteroatoms. The van der Waals surface area contributed by atoms with Crippen LogP contribution in [0.25, 0.3) is 32.7 Å². The Morgan fingerprint density at radius 3 is 2.00 bits per heavy atom. The number of phenols is 3. The molecule has 0 radical (unpaired) electrons. The highest BCUT2D eigenvalue weighted by Gasteiger charge is 2.12. The van der Waals surface area contributed by atoms with Gasteiger partial charge in [-0.2, -0.15) is 0 Å². The smallest absolute Gasteiger partial charge is 0.139 e. The van der Waals surface area contributed by atoms with Crippen LogP contribution in [0.2, 0.25) is 0 Å². The first-order valence-corrected chi connectivity index (χ1v) is 6.13. The second-order valence-electron chi connectivity index (χ2n) is 4.78. The molecule has 0 aliphatic rings. The van der Waals surface area contributed by atoms with Crippen molar-refractivity contribution in [2.75, 3.05) is 0 Å². The van der Waals surface area contributed by atoms with E-state index in [4.69, 9.17) is 4.42 Å². The summed E-state index contributed by atoms with van der Waals surface area (Å²) in [4.78, 5) is 0. The van der Waals surface area contributed by atoms with Crippen LogP contribution in [0.3, 0.4) is 0 Å². The first kappa shape index (κ1) is 11.0. The maximum Gasteiger partial charge on any atom is 0.139 e. The average Bonchev–Trinajstić information content (AvgIpc) is 2.78. The van der Waals surface area contributed by atoms with Crippen molar-refractivity contribution in [1.29, 1.82) is 0 Å². The second-order valence-corrected chi connectivity index (χ2v) is 4.78. The van der Waals surface area contributed by atoms with Gasteiger partial charge < -0.3 is 19.7 Å². The van der Waals surface area contributed by atoms with Crippen molar-refractivity contribution in [1.82, 2.24) is 0 Å². The molecule has 4 aromatic rings. The lowest BCUT2D eigenvalue weighted by Gasteiger charge is -2.03. The maximum absolute atomic E-state index is 9.93. The molecule has 0 unspecified atom stereocenters. The predicted octanol–water partition coefficient (Wildman–Crippen LogP) is 3.86. The Kier molecular flexibility index (Phi) is 1.96. The monoisotopic (exact) mass is 266 g/mol. The second kappa shape index (κ2) is 3.57. The van der Waals surface area contributed by atoms with Crippen molar-refractivity contribution in [2.45, 2.75) is 0 Å². The summed E-state index contributed by atoms with van der Waals surface area (Å²) in [5, 5.41) is 32.1. The van der Waals surface area contributed by atoms with Gasteiger partial charge in [0.15, 0.2) is 0 Å². The van der Waals surface area contributed by atoms with Crippen LogP contribution in [0, 0.1) is 0 Å². The third-order valence-corrected chi connectivity index (χ3v) is 3.55. The van der Waals surface area contributed by atoms with Gasteiger partial charge in [0.2, 0.25) is 0 Å². The summed E-state index contributed by atoms with van der Waals surface area (Å²) in [6, 6.07) is 11.3. The standard InChI is InChI=1S/C16H10O4/c17-8-1-2-9-12-6-10-11(14(19)4-3-13(10)18)7-16(12)20-15(9)5-8/h1-7,17-19H. The highest BCUT2D eigenvalue weighted by atomic mass is 16.3. The van der Waals surface area contributed by atoms with E-state index < -0.39 is 0 Å². The van der Waals surface area contributed by atoms with Crippen molar-refractivity contribution < 1.29 is 19.7 Å². The minimum atomic E-state index is 0.0861. The lowest BCUT2D eigenvalue weighted by molar-refractivity contribution is 0.469. The molecule has 1 heterocycles. The first-order valence-electron chi connectivity index (χ1n) is 6.13. The van der Waals surface area contributed by atoms with Gasteiger partial charge in [-0.15, -0.1) is 0 Å². The van der Waals surface area contributed by atoms with Crippen molar-refractivity contribution in [3.8, 4) is 17.2 Å². The van der Waals surface area contributed by atoms with E-state index in [9.17, 15) is 15.3 Å². The Labute approximate surface area is 113 Å². The number of hydrogen-bond acceptors (Lipinski definition) is 4. The summed E-state index contributed by atoms with van der Waals surface area (Å²) in [6.45, 7) is 0. The largest absolute Gasteiger partial charge is 0.508 e. The molecule has 0 spiro atoms. The zero-order valence-corrected chi connectivity index (χ0v) is 10.3. The molecule has 3 aromatic carbocycles. The number of aromatic hydroxyl groups is 3. The predicted molar refractivity (Wildman–Crippen MR) is 76.2 cm³/mol. The molecule has 0 aliphatic heterocycles. The molecule has 0 atom stereocenters. The van der Waals surface area contributed by atoms with Gasteiger partial charge >= 0.3 is 0 Å². The zero-order chi connectivity index (χ0) is 13.9. The van der Waals surface area contributed by atoms with Crippen LogP contribution >= 0.6 is 0 Å².